The van der Waals surface area contributed by atoms with Crippen LogP contribution in [0.25, 0.3) is 11.1 Å². The van der Waals surface area contributed by atoms with E-state index in [1.807, 2.05) is 0 Å². The molecule has 0 fully saturated rings. The van der Waals surface area contributed by atoms with Crippen LogP contribution in [0.2, 0.25) is 0 Å². The van der Waals surface area contributed by atoms with Gasteiger partial charge < -0.3 is 15.4 Å². The molecule has 0 radical (unpaired) electrons. The Kier molecular flexibility index (Phi) is 2.32. The zero-order valence-electron chi connectivity index (χ0n) is 7.98. The number of nitrogens with two attached hydrogens (primary N) is 1. The van der Waals surface area contributed by atoms with E-state index in [-0.39, 0.29) is 17.1 Å². The summed E-state index contributed by atoms with van der Waals surface area (Å²) in [7, 11) is 0. The minimum Gasteiger partial charge on any atom is -0.476 e. The summed E-state index contributed by atoms with van der Waals surface area (Å²) in [6, 6.07) is 5.38. The van der Waals surface area contributed by atoms with Crippen LogP contribution in [0.4, 0.5) is 10.3 Å². The van der Waals surface area contributed by atoms with Crippen LogP contribution in [0.1, 0.15) is 10.5 Å². The van der Waals surface area contributed by atoms with Crippen LogP contribution >= 0.6 is 0 Å². The molecule has 0 saturated heterocycles. The zero-order valence-corrected chi connectivity index (χ0v) is 7.98. The molecule has 0 aliphatic heterocycles. The highest BCUT2D eigenvalue weighted by atomic mass is 19.1. The van der Waals surface area contributed by atoms with Gasteiger partial charge in [0.1, 0.15) is 5.82 Å². The van der Waals surface area contributed by atoms with E-state index in [0.29, 0.717) is 5.56 Å². The van der Waals surface area contributed by atoms with Crippen molar-refractivity contribution in [1.29, 1.82) is 0 Å². The number of anilines is 1. The van der Waals surface area contributed by atoms with Gasteiger partial charge in [-0.05, 0) is 17.7 Å². The second-order valence-electron chi connectivity index (χ2n) is 3.09. The molecule has 5 nitrogen and oxygen atoms in total. The lowest BCUT2D eigenvalue weighted by molar-refractivity contribution is 0.0686. The molecule has 2 rings (SSSR count). The Bertz CT molecular complexity index is 551. The predicted octanol–water partition coefficient (Wildman–Crippen LogP) is 1.76. The molecule has 0 atom stereocenters. The summed E-state index contributed by atoms with van der Waals surface area (Å²) in [6.45, 7) is 0. The second kappa shape index (κ2) is 3.65. The lowest BCUT2D eigenvalue weighted by atomic mass is 10.1. The van der Waals surface area contributed by atoms with Crippen LogP contribution in [0.3, 0.4) is 0 Å². The number of hydrogen-bond donors (Lipinski definition) is 2. The number of nitrogens with zero attached hydrogens (tertiary/aromatic N) is 1. The van der Waals surface area contributed by atoms with Gasteiger partial charge in [0.2, 0.25) is 11.6 Å². The van der Waals surface area contributed by atoms with Gasteiger partial charge in [0.25, 0.3) is 0 Å². The molecule has 82 valence electrons. The van der Waals surface area contributed by atoms with Crippen molar-refractivity contribution in [3.63, 3.8) is 0 Å². The molecule has 0 unspecified atom stereocenters. The van der Waals surface area contributed by atoms with Crippen molar-refractivity contribution in [1.82, 2.24) is 5.16 Å². The first-order valence-electron chi connectivity index (χ1n) is 4.34. The fraction of sp³-hybridized carbons (Fsp3) is 0. The Hall–Kier alpha value is -2.37. The Morgan fingerprint density at radius 1 is 1.50 bits per heavy atom. The summed E-state index contributed by atoms with van der Waals surface area (Å²) in [5.74, 6) is -1.92. The summed E-state index contributed by atoms with van der Waals surface area (Å²) < 4.78 is 17.6. The third-order valence-corrected chi connectivity index (χ3v) is 2.03. The van der Waals surface area contributed by atoms with Crippen LogP contribution in [-0.2, 0) is 0 Å². The molecule has 0 aliphatic rings. The smallest absolute Gasteiger partial charge is 0.358 e. The van der Waals surface area contributed by atoms with Gasteiger partial charge in [0, 0.05) is 0 Å². The number of aromatic carboxylic acids is 1. The van der Waals surface area contributed by atoms with Crippen molar-refractivity contribution in [2.24, 2.45) is 0 Å². The third kappa shape index (κ3) is 1.60. The highest BCUT2D eigenvalue weighted by Crippen LogP contribution is 2.29. The lowest BCUT2D eigenvalue weighted by Crippen LogP contribution is -1.99. The van der Waals surface area contributed by atoms with Crippen molar-refractivity contribution in [2.45, 2.75) is 0 Å². The van der Waals surface area contributed by atoms with Crippen molar-refractivity contribution < 1.29 is 18.8 Å². The van der Waals surface area contributed by atoms with Gasteiger partial charge >= 0.3 is 5.97 Å². The Morgan fingerprint density at radius 3 is 2.88 bits per heavy atom. The van der Waals surface area contributed by atoms with Crippen LogP contribution in [0, 0.1) is 5.82 Å². The van der Waals surface area contributed by atoms with E-state index < -0.39 is 11.8 Å². The summed E-state index contributed by atoms with van der Waals surface area (Å²) in [5.41, 5.74) is 5.52. The highest BCUT2D eigenvalue weighted by Gasteiger charge is 2.21. The van der Waals surface area contributed by atoms with Gasteiger partial charge in [0.05, 0.1) is 5.56 Å². The summed E-state index contributed by atoms with van der Waals surface area (Å²) >= 11 is 0. The highest BCUT2D eigenvalue weighted by molar-refractivity contribution is 5.96. The minimum absolute atomic E-state index is 0.0898. The number of carboxylic acids is 1. The quantitative estimate of drug-likeness (QED) is 0.808. The maximum Gasteiger partial charge on any atom is 0.358 e. The standard InChI is InChI=1S/C10H7FN2O3/c11-6-3-1-2-5(4-6)7-8(10(14)15)13-16-9(7)12/h1-4H,12H2,(H,14,15). The van der Waals surface area contributed by atoms with Crippen molar-refractivity contribution in [2.75, 3.05) is 5.73 Å². The van der Waals surface area contributed by atoms with Gasteiger partial charge in [-0.3, -0.25) is 0 Å². The van der Waals surface area contributed by atoms with Crippen molar-refractivity contribution in [3.05, 3.63) is 35.8 Å². The van der Waals surface area contributed by atoms with Crippen LogP contribution in [0.5, 0.6) is 0 Å². The van der Waals surface area contributed by atoms with Crippen molar-refractivity contribution >= 4 is 11.9 Å². The SMILES string of the molecule is Nc1onc(C(=O)O)c1-c1cccc(F)c1. The summed E-state index contributed by atoms with van der Waals surface area (Å²) in [5, 5.41) is 12.1. The first-order valence-corrected chi connectivity index (χ1v) is 4.34. The van der Waals surface area contributed by atoms with Crippen LogP contribution in [-0.4, -0.2) is 16.2 Å². The molecule has 0 amide bonds. The van der Waals surface area contributed by atoms with E-state index in [2.05, 4.69) is 9.68 Å². The zero-order chi connectivity index (χ0) is 11.7. The van der Waals surface area contributed by atoms with Gasteiger partial charge in [-0.15, -0.1) is 0 Å². The van der Waals surface area contributed by atoms with E-state index in [1.54, 1.807) is 0 Å². The maximum absolute atomic E-state index is 13.0. The number of rotatable bonds is 2. The molecule has 1 aromatic heterocycles. The number of benzene rings is 1. The predicted molar refractivity (Wildman–Crippen MR) is 53.3 cm³/mol. The number of aromatic nitrogens is 1. The fourth-order valence-electron chi connectivity index (χ4n) is 1.37. The molecular weight excluding hydrogens is 215 g/mol. The first kappa shape index (κ1) is 10.2. The van der Waals surface area contributed by atoms with E-state index in [1.165, 1.54) is 18.2 Å². The van der Waals surface area contributed by atoms with Crippen molar-refractivity contribution in [3.8, 4) is 11.1 Å². The summed E-state index contributed by atoms with van der Waals surface area (Å²) in [4.78, 5) is 10.8. The summed E-state index contributed by atoms with van der Waals surface area (Å²) in [6.07, 6.45) is 0. The Morgan fingerprint density at radius 2 is 2.25 bits per heavy atom. The number of nitrogen functional groups attached to an aromatic ring is 1. The van der Waals surface area contributed by atoms with E-state index >= 15 is 0 Å². The molecule has 0 aliphatic carbocycles. The van der Waals surface area contributed by atoms with Crippen LogP contribution < -0.4 is 5.73 Å². The van der Waals surface area contributed by atoms with Gasteiger partial charge in [0.15, 0.2) is 0 Å². The number of halogens is 1. The molecule has 16 heavy (non-hydrogen) atoms. The second-order valence-corrected chi connectivity index (χ2v) is 3.09. The van der Waals surface area contributed by atoms with E-state index in [4.69, 9.17) is 10.8 Å². The van der Waals surface area contributed by atoms with Crippen LogP contribution in [0.15, 0.2) is 28.8 Å². The number of carbonyl (C=O) groups is 1. The Labute approximate surface area is 89.3 Å². The largest absolute Gasteiger partial charge is 0.476 e. The topological polar surface area (TPSA) is 89.4 Å². The number of carboxylic acid groups (broad SMARTS) is 1. The fourth-order valence-corrected chi connectivity index (χ4v) is 1.37. The van der Waals surface area contributed by atoms with Gasteiger partial charge in [-0.25, -0.2) is 9.18 Å². The van der Waals surface area contributed by atoms with E-state index in [0.717, 1.165) is 6.07 Å². The molecule has 1 heterocycles. The molecule has 0 saturated carbocycles. The maximum atomic E-state index is 13.0. The molecule has 6 heteroatoms. The Balaban J connectivity index is 2.63. The third-order valence-electron chi connectivity index (χ3n) is 2.03. The normalized spacial score (nSPS) is 10.3. The molecule has 2 aromatic rings. The van der Waals surface area contributed by atoms with Gasteiger partial charge in [-0.2, -0.15) is 0 Å². The average Bonchev–Trinajstić information content (AvgIpc) is 2.60. The first-order chi connectivity index (χ1) is 7.59. The molecule has 0 spiro atoms. The number of hydrogen-bond acceptors (Lipinski definition) is 4. The van der Waals surface area contributed by atoms with E-state index in [9.17, 15) is 9.18 Å². The average molecular weight is 222 g/mol. The molecule has 0 bridgehead atoms. The van der Waals surface area contributed by atoms with Gasteiger partial charge in [-0.1, -0.05) is 17.3 Å². The minimum atomic E-state index is -1.28. The monoisotopic (exact) mass is 222 g/mol. The lowest BCUT2D eigenvalue weighted by Gasteiger charge is -1.99. The molecular formula is C10H7FN2O3. The molecule has 3 N–H and O–H groups in total. The molecule has 1 aromatic carbocycles.